The van der Waals surface area contributed by atoms with Crippen LogP contribution >= 0.6 is 11.3 Å². The quantitative estimate of drug-likeness (QED) is 0.825. The van der Waals surface area contributed by atoms with E-state index in [4.69, 9.17) is 9.47 Å². The number of aromatic nitrogens is 1. The van der Waals surface area contributed by atoms with Crippen LogP contribution < -0.4 is 5.32 Å². The van der Waals surface area contributed by atoms with Crippen LogP contribution in [-0.2, 0) is 9.47 Å². The summed E-state index contributed by atoms with van der Waals surface area (Å²) in [5.41, 5.74) is 1.05. The summed E-state index contributed by atoms with van der Waals surface area (Å²) in [6, 6.07) is 8.17. The van der Waals surface area contributed by atoms with Gasteiger partial charge in [0.1, 0.15) is 0 Å². The lowest BCUT2D eigenvalue weighted by Crippen LogP contribution is -2.17. The largest absolute Gasteiger partial charge is 0.377 e. The fourth-order valence-corrected chi connectivity index (χ4v) is 3.06. The van der Waals surface area contributed by atoms with E-state index in [9.17, 15) is 0 Å². The molecule has 1 N–H and O–H groups in total. The lowest BCUT2D eigenvalue weighted by Gasteiger charge is -2.09. The van der Waals surface area contributed by atoms with Crippen LogP contribution in [0.15, 0.2) is 24.3 Å². The highest BCUT2D eigenvalue weighted by atomic mass is 32.1. The Morgan fingerprint density at radius 3 is 3.21 bits per heavy atom. The van der Waals surface area contributed by atoms with E-state index in [1.165, 1.54) is 4.70 Å². The summed E-state index contributed by atoms with van der Waals surface area (Å²) in [7, 11) is 0. The van der Waals surface area contributed by atoms with Crippen molar-refractivity contribution in [1.29, 1.82) is 0 Å². The molecule has 102 valence electrons. The molecule has 1 aliphatic rings. The smallest absolute Gasteiger partial charge is 0.183 e. The second-order valence-corrected chi connectivity index (χ2v) is 5.65. The first-order valence-electron chi connectivity index (χ1n) is 6.70. The number of nitrogens with zero attached hydrogens (tertiary/aromatic N) is 1. The third-order valence-electron chi connectivity index (χ3n) is 3.14. The monoisotopic (exact) mass is 278 g/mol. The zero-order valence-electron chi connectivity index (χ0n) is 10.8. The van der Waals surface area contributed by atoms with E-state index in [1.807, 2.05) is 18.2 Å². The molecule has 0 saturated carbocycles. The highest BCUT2D eigenvalue weighted by molar-refractivity contribution is 7.22. The number of hydrogen-bond acceptors (Lipinski definition) is 5. The van der Waals surface area contributed by atoms with E-state index < -0.39 is 0 Å². The van der Waals surface area contributed by atoms with Crippen LogP contribution in [0.3, 0.4) is 0 Å². The Kier molecular flexibility index (Phi) is 4.27. The van der Waals surface area contributed by atoms with Crippen molar-refractivity contribution in [2.24, 2.45) is 0 Å². The van der Waals surface area contributed by atoms with Gasteiger partial charge < -0.3 is 14.8 Å². The predicted octanol–water partition coefficient (Wildman–Crippen LogP) is 2.90. The number of thiazole rings is 1. The maximum Gasteiger partial charge on any atom is 0.183 e. The van der Waals surface area contributed by atoms with Gasteiger partial charge >= 0.3 is 0 Å². The van der Waals surface area contributed by atoms with Gasteiger partial charge in [0.05, 0.1) is 29.5 Å². The first-order chi connectivity index (χ1) is 9.42. The number of ether oxygens (including phenoxy) is 2. The summed E-state index contributed by atoms with van der Waals surface area (Å²) in [5.74, 6) is 0. The summed E-state index contributed by atoms with van der Waals surface area (Å²) in [6.07, 6.45) is 2.60. The fourth-order valence-electron chi connectivity index (χ4n) is 2.17. The highest BCUT2D eigenvalue weighted by Gasteiger charge is 2.14. The minimum Gasteiger partial charge on any atom is -0.377 e. The van der Waals surface area contributed by atoms with Gasteiger partial charge in [0.2, 0.25) is 0 Å². The second-order valence-electron chi connectivity index (χ2n) is 4.62. The normalized spacial score (nSPS) is 19.1. The average molecular weight is 278 g/mol. The molecule has 4 nitrogen and oxygen atoms in total. The maximum atomic E-state index is 5.60. The number of nitrogens with one attached hydrogen (secondary N) is 1. The van der Waals surface area contributed by atoms with Gasteiger partial charge in [-0.3, -0.25) is 0 Å². The first kappa shape index (κ1) is 12.8. The molecule has 1 aromatic carbocycles. The standard InChI is InChI=1S/C14H18N2O2S/c1-2-6-13-12(5-1)16-14(19-13)15-7-9-17-10-11-4-3-8-18-11/h1-2,5-6,11H,3-4,7-10H2,(H,15,16). The van der Waals surface area contributed by atoms with Crippen LogP contribution in [0.5, 0.6) is 0 Å². The van der Waals surface area contributed by atoms with Gasteiger partial charge in [-0.15, -0.1) is 0 Å². The minimum absolute atomic E-state index is 0.308. The summed E-state index contributed by atoms with van der Waals surface area (Å²) in [6.45, 7) is 3.07. The number of hydrogen-bond donors (Lipinski definition) is 1. The summed E-state index contributed by atoms with van der Waals surface area (Å²) < 4.78 is 12.3. The number of benzene rings is 1. The number of fused-ring (bicyclic) bond motifs is 1. The molecule has 1 atom stereocenters. The van der Waals surface area contributed by atoms with Gasteiger partial charge in [-0.1, -0.05) is 23.5 Å². The summed E-state index contributed by atoms with van der Waals surface area (Å²) >= 11 is 1.68. The zero-order chi connectivity index (χ0) is 12.9. The minimum atomic E-state index is 0.308. The molecular formula is C14H18N2O2S. The van der Waals surface area contributed by atoms with E-state index in [2.05, 4.69) is 16.4 Å². The first-order valence-corrected chi connectivity index (χ1v) is 7.52. The molecule has 0 bridgehead atoms. The summed E-state index contributed by atoms with van der Waals surface area (Å²) in [4.78, 5) is 4.51. The van der Waals surface area contributed by atoms with Crippen molar-refractivity contribution in [3.8, 4) is 0 Å². The molecule has 0 radical (unpaired) electrons. The Balaban J connectivity index is 1.39. The molecule has 0 aliphatic carbocycles. The average Bonchev–Trinajstić information content (AvgIpc) is 3.06. The van der Waals surface area contributed by atoms with E-state index in [0.717, 1.165) is 36.6 Å². The van der Waals surface area contributed by atoms with E-state index in [-0.39, 0.29) is 0 Å². The topological polar surface area (TPSA) is 43.4 Å². The predicted molar refractivity (Wildman–Crippen MR) is 77.9 cm³/mol. The van der Waals surface area contributed by atoms with Gasteiger partial charge in [-0.2, -0.15) is 0 Å². The molecule has 1 fully saturated rings. The molecular weight excluding hydrogens is 260 g/mol. The van der Waals surface area contributed by atoms with Crippen molar-refractivity contribution < 1.29 is 9.47 Å². The molecule has 1 aliphatic heterocycles. The van der Waals surface area contributed by atoms with Crippen LogP contribution in [0.25, 0.3) is 10.2 Å². The SMILES string of the molecule is c1ccc2sc(NCCOCC3CCCO3)nc2c1. The van der Waals surface area contributed by atoms with E-state index in [0.29, 0.717) is 19.3 Å². The van der Waals surface area contributed by atoms with Crippen molar-refractivity contribution >= 4 is 26.7 Å². The van der Waals surface area contributed by atoms with Gasteiger partial charge in [0.15, 0.2) is 5.13 Å². The number of anilines is 1. The van der Waals surface area contributed by atoms with E-state index >= 15 is 0 Å². The van der Waals surface area contributed by atoms with Gasteiger partial charge in [0.25, 0.3) is 0 Å². The van der Waals surface area contributed by atoms with Crippen molar-refractivity contribution in [3.63, 3.8) is 0 Å². The lowest BCUT2D eigenvalue weighted by atomic mass is 10.2. The van der Waals surface area contributed by atoms with Crippen molar-refractivity contribution in [2.75, 3.05) is 31.7 Å². The van der Waals surface area contributed by atoms with Crippen LogP contribution in [0.4, 0.5) is 5.13 Å². The molecule has 0 spiro atoms. The fraction of sp³-hybridized carbons (Fsp3) is 0.500. The molecule has 1 unspecified atom stereocenters. The second kappa shape index (κ2) is 6.32. The summed E-state index contributed by atoms with van der Waals surface area (Å²) in [5, 5.41) is 4.26. The molecule has 1 aromatic heterocycles. The Labute approximate surface area is 116 Å². The molecule has 19 heavy (non-hydrogen) atoms. The van der Waals surface area contributed by atoms with E-state index in [1.54, 1.807) is 11.3 Å². The maximum absolute atomic E-state index is 5.60. The van der Waals surface area contributed by atoms with Crippen LogP contribution in [0.2, 0.25) is 0 Å². The third kappa shape index (κ3) is 3.43. The van der Waals surface area contributed by atoms with Gasteiger partial charge in [-0.05, 0) is 25.0 Å². The van der Waals surface area contributed by atoms with Crippen molar-refractivity contribution in [3.05, 3.63) is 24.3 Å². The Morgan fingerprint density at radius 2 is 2.37 bits per heavy atom. The number of rotatable bonds is 6. The Bertz CT molecular complexity index is 490. The van der Waals surface area contributed by atoms with Crippen LogP contribution in [-0.4, -0.2) is 37.5 Å². The van der Waals surface area contributed by atoms with Crippen molar-refractivity contribution in [1.82, 2.24) is 4.98 Å². The van der Waals surface area contributed by atoms with Crippen LogP contribution in [0, 0.1) is 0 Å². The third-order valence-corrected chi connectivity index (χ3v) is 4.14. The molecule has 5 heteroatoms. The number of para-hydroxylation sites is 1. The Hall–Kier alpha value is -1.17. The molecule has 1 saturated heterocycles. The van der Waals surface area contributed by atoms with Crippen molar-refractivity contribution in [2.45, 2.75) is 18.9 Å². The lowest BCUT2D eigenvalue weighted by molar-refractivity contribution is 0.0206. The zero-order valence-corrected chi connectivity index (χ0v) is 11.6. The molecule has 2 aromatic rings. The molecule has 2 heterocycles. The molecule has 0 amide bonds. The van der Waals surface area contributed by atoms with Gasteiger partial charge in [0, 0.05) is 13.2 Å². The molecule has 3 rings (SSSR count). The van der Waals surface area contributed by atoms with Gasteiger partial charge in [-0.25, -0.2) is 4.98 Å². The Morgan fingerprint density at radius 1 is 1.42 bits per heavy atom. The highest BCUT2D eigenvalue weighted by Crippen LogP contribution is 2.24. The van der Waals surface area contributed by atoms with Crippen LogP contribution in [0.1, 0.15) is 12.8 Å².